The zero-order valence-corrected chi connectivity index (χ0v) is 11.2. The van der Waals surface area contributed by atoms with Crippen LogP contribution in [0.3, 0.4) is 0 Å². The highest BCUT2D eigenvalue weighted by molar-refractivity contribution is 5.94. The molecule has 1 aromatic carbocycles. The highest BCUT2D eigenvalue weighted by atomic mass is 19.4. The Bertz CT molecular complexity index is 431. The van der Waals surface area contributed by atoms with Gasteiger partial charge in [0.05, 0.1) is 5.56 Å². The Hall–Kier alpha value is -1.76. The van der Waals surface area contributed by atoms with E-state index >= 15 is 0 Å². The lowest BCUT2D eigenvalue weighted by Crippen LogP contribution is -2.17. The van der Waals surface area contributed by atoms with Gasteiger partial charge in [0, 0.05) is 19.7 Å². The van der Waals surface area contributed by atoms with Gasteiger partial charge in [-0.3, -0.25) is 4.99 Å². The molecule has 0 saturated heterocycles. The topological polar surface area (TPSA) is 53.8 Å². The first kappa shape index (κ1) is 17.2. The molecule has 0 unspecified atom stereocenters. The van der Waals surface area contributed by atoms with Crippen molar-refractivity contribution in [3.05, 3.63) is 29.3 Å². The summed E-state index contributed by atoms with van der Waals surface area (Å²) in [6.07, 6.45) is -4.63. The Morgan fingerprint density at radius 1 is 1.32 bits per heavy atom. The molecule has 0 saturated carbocycles. The number of phenols is 1. The number of rotatable bonds is 2. The minimum Gasteiger partial charge on any atom is -0.507 e. The molecule has 0 fully saturated rings. The molecule has 0 aromatic heterocycles. The molecule has 0 radical (unpaired) electrons. The fourth-order valence-electron chi connectivity index (χ4n) is 1.23. The molecule has 4 nitrogen and oxygen atoms in total. The van der Waals surface area contributed by atoms with E-state index in [2.05, 4.69) is 10.5 Å². The van der Waals surface area contributed by atoms with Gasteiger partial charge in [-0.05, 0) is 18.2 Å². The molecule has 0 atom stereocenters. The van der Waals surface area contributed by atoms with Crippen molar-refractivity contribution < 1.29 is 23.1 Å². The number of hydrogen-bond donors (Lipinski definition) is 2. The number of phenolic OH excluding ortho intramolecular Hbond substituents is 1. The van der Waals surface area contributed by atoms with Gasteiger partial charge in [0.15, 0.2) is 0 Å². The average Bonchev–Trinajstić information content (AvgIpc) is 2.38. The van der Waals surface area contributed by atoms with Crippen molar-refractivity contribution in [3.8, 4) is 5.75 Å². The van der Waals surface area contributed by atoms with E-state index in [0.29, 0.717) is 0 Å². The number of halogens is 3. The number of alkyl halides is 3. The Balaban J connectivity index is 0.00000154. The van der Waals surface area contributed by atoms with Crippen LogP contribution >= 0.6 is 0 Å². The van der Waals surface area contributed by atoms with Crippen LogP contribution in [-0.2, 0) is 11.0 Å². The van der Waals surface area contributed by atoms with Gasteiger partial charge in [0.2, 0.25) is 5.90 Å². The van der Waals surface area contributed by atoms with Crippen LogP contribution < -0.4 is 5.48 Å². The second-order valence-electron chi connectivity index (χ2n) is 3.06. The number of benzene rings is 1. The van der Waals surface area contributed by atoms with E-state index in [1.54, 1.807) is 0 Å². The monoisotopic (exact) mass is 278 g/mol. The number of aliphatic imine (C=N–C) groups is 1. The molecule has 2 N–H and O–H groups in total. The molecule has 0 amide bonds. The van der Waals surface area contributed by atoms with Gasteiger partial charge >= 0.3 is 6.18 Å². The molecule has 108 valence electrons. The summed E-state index contributed by atoms with van der Waals surface area (Å²) in [6, 6.07) is 3.00. The van der Waals surface area contributed by atoms with Crippen LogP contribution in [0.15, 0.2) is 23.2 Å². The Kier molecular flexibility index (Phi) is 6.92. The van der Waals surface area contributed by atoms with Crippen LogP contribution in [0.4, 0.5) is 13.2 Å². The molecule has 0 aliphatic carbocycles. The number of hydroxylamine groups is 1. The number of nitrogens with zero attached hydrogens (tertiary/aromatic N) is 1. The predicted molar refractivity (Wildman–Crippen MR) is 67.1 cm³/mol. The molecule has 1 rings (SSSR count). The highest BCUT2D eigenvalue weighted by Crippen LogP contribution is 2.36. The smallest absolute Gasteiger partial charge is 0.419 e. The van der Waals surface area contributed by atoms with Gasteiger partial charge in [0.25, 0.3) is 0 Å². The largest absolute Gasteiger partial charge is 0.507 e. The maximum absolute atomic E-state index is 12.5. The van der Waals surface area contributed by atoms with Crippen LogP contribution in [0.2, 0.25) is 0 Å². The lowest BCUT2D eigenvalue weighted by atomic mass is 10.1. The predicted octanol–water partition coefficient (Wildman–Crippen LogP) is 2.96. The quantitative estimate of drug-likeness (QED) is 0.497. The third kappa shape index (κ3) is 4.78. The summed E-state index contributed by atoms with van der Waals surface area (Å²) >= 11 is 0. The fraction of sp³-hybridized carbons (Fsp3) is 0.417. The molecule has 19 heavy (non-hydrogen) atoms. The molecule has 7 heteroatoms. The number of nitrogens with one attached hydrogen (secondary N) is 1. The van der Waals surface area contributed by atoms with Crippen molar-refractivity contribution >= 4 is 5.90 Å². The van der Waals surface area contributed by atoms with Crippen LogP contribution in [-0.4, -0.2) is 25.1 Å². The summed E-state index contributed by atoms with van der Waals surface area (Å²) in [5, 5.41) is 9.14. The van der Waals surface area contributed by atoms with E-state index in [4.69, 9.17) is 9.94 Å². The van der Waals surface area contributed by atoms with E-state index in [1.807, 2.05) is 13.8 Å². The van der Waals surface area contributed by atoms with Gasteiger partial charge in [-0.25, -0.2) is 0 Å². The van der Waals surface area contributed by atoms with E-state index in [-0.39, 0.29) is 11.5 Å². The molecule has 0 bridgehead atoms. The first-order chi connectivity index (χ1) is 8.90. The molecular weight excluding hydrogens is 261 g/mol. The van der Waals surface area contributed by atoms with Crippen molar-refractivity contribution in [1.29, 1.82) is 0 Å². The fourth-order valence-corrected chi connectivity index (χ4v) is 1.23. The maximum Gasteiger partial charge on any atom is 0.419 e. The second kappa shape index (κ2) is 7.63. The SMILES string of the molecule is CC.CN=C(ONC)c1ccc(O)c(C(F)(F)F)c1. The summed E-state index contributed by atoms with van der Waals surface area (Å²) < 4.78 is 37.6. The van der Waals surface area contributed by atoms with Gasteiger partial charge in [-0.15, -0.1) is 0 Å². The molecule has 0 heterocycles. The van der Waals surface area contributed by atoms with Crippen LogP contribution in [0.1, 0.15) is 25.0 Å². The normalized spacial score (nSPS) is 11.6. The first-order valence-corrected chi connectivity index (χ1v) is 5.61. The van der Waals surface area contributed by atoms with Crippen LogP contribution in [0.25, 0.3) is 0 Å². The minimum absolute atomic E-state index is 0.00185. The summed E-state index contributed by atoms with van der Waals surface area (Å²) in [7, 11) is 2.84. The summed E-state index contributed by atoms with van der Waals surface area (Å²) in [5.74, 6) is -0.834. The van der Waals surface area contributed by atoms with E-state index in [0.717, 1.165) is 12.1 Å². The molecular formula is C12H17F3N2O2. The van der Waals surface area contributed by atoms with Crippen LogP contribution in [0, 0.1) is 0 Å². The van der Waals surface area contributed by atoms with Crippen molar-refractivity contribution in [2.45, 2.75) is 20.0 Å². The zero-order valence-electron chi connectivity index (χ0n) is 11.2. The summed E-state index contributed by atoms with van der Waals surface area (Å²) in [5.41, 5.74) is 1.30. The average molecular weight is 278 g/mol. The number of hydrogen-bond acceptors (Lipinski definition) is 4. The Morgan fingerprint density at radius 3 is 2.32 bits per heavy atom. The van der Waals surface area contributed by atoms with E-state index in [1.165, 1.54) is 20.2 Å². The molecule has 0 spiro atoms. The van der Waals surface area contributed by atoms with Crippen molar-refractivity contribution in [1.82, 2.24) is 5.48 Å². The molecule has 0 aliphatic rings. The third-order valence-electron chi connectivity index (χ3n) is 1.95. The third-order valence-corrected chi connectivity index (χ3v) is 1.95. The summed E-state index contributed by atoms with van der Waals surface area (Å²) in [4.78, 5) is 8.52. The highest BCUT2D eigenvalue weighted by Gasteiger charge is 2.34. The lowest BCUT2D eigenvalue weighted by Gasteiger charge is -2.11. The maximum atomic E-state index is 12.5. The van der Waals surface area contributed by atoms with Crippen molar-refractivity contribution in [2.75, 3.05) is 14.1 Å². The van der Waals surface area contributed by atoms with Crippen LogP contribution in [0.5, 0.6) is 5.75 Å². The molecule has 1 aromatic rings. The molecule has 0 aliphatic heterocycles. The lowest BCUT2D eigenvalue weighted by molar-refractivity contribution is -0.138. The Labute approximate surface area is 109 Å². The Morgan fingerprint density at radius 2 is 1.89 bits per heavy atom. The standard InChI is InChI=1S/C10H11F3N2O2.C2H6/c1-14-9(17-15-2)6-3-4-8(16)7(5-6)10(11,12)13;1-2/h3-5,15-16H,1-2H3;1-2H3. The summed E-state index contributed by atoms with van der Waals surface area (Å²) in [6.45, 7) is 4.00. The zero-order chi connectivity index (χ0) is 15.1. The van der Waals surface area contributed by atoms with Gasteiger partial charge < -0.3 is 9.94 Å². The number of aromatic hydroxyl groups is 1. The first-order valence-electron chi connectivity index (χ1n) is 5.61. The van der Waals surface area contributed by atoms with Gasteiger partial charge in [0.1, 0.15) is 5.75 Å². The van der Waals surface area contributed by atoms with Gasteiger partial charge in [-0.1, -0.05) is 13.8 Å². The van der Waals surface area contributed by atoms with E-state index in [9.17, 15) is 13.2 Å². The van der Waals surface area contributed by atoms with Crippen molar-refractivity contribution in [3.63, 3.8) is 0 Å². The minimum atomic E-state index is -4.63. The van der Waals surface area contributed by atoms with Gasteiger partial charge in [-0.2, -0.15) is 18.7 Å². The van der Waals surface area contributed by atoms with Crippen molar-refractivity contribution in [2.24, 2.45) is 4.99 Å². The second-order valence-corrected chi connectivity index (χ2v) is 3.06. The van der Waals surface area contributed by atoms with E-state index < -0.39 is 17.5 Å².